The van der Waals surface area contributed by atoms with Crippen LogP contribution in [0.3, 0.4) is 0 Å². The first-order chi connectivity index (χ1) is 14.3. The predicted molar refractivity (Wildman–Crippen MR) is 112 cm³/mol. The summed E-state index contributed by atoms with van der Waals surface area (Å²) in [7, 11) is -3.24. The first kappa shape index (κ1) is 20.5. The van der Waals surface area contributed by atoms with Crippen molar-refractivity contribution in [1.82, 2.24) is 19.4 Å². The number of amides is 3. The van der Waals surface area contributed by atoms with E-state index < -0.39 is 21.6 Å². The van der Waals surface area contributed by atoms with Gasteiger partial charge < -0.3 is 5.32 Å². The molecule has 9 heteroatoms. The third kappa shape index (κ3) is 3.60. The first-order valence-electron chi connectivity index (χ1n) is 9.75. The highest BCUT2D eigenvalue weighted by Crippen LogP contribution is 2.36. The Kier molecular flexibility index (Phi) is 5.35. The summed E-state index contributed by atoms with van der Waals surface area (Å²) >= 11 is 0. The van der Waals surface area contributed by atoms with Crippen LogP contribution in [0.4, 0.5) is 4.79 Å². The van der Waals surface area contributed by atoms with E-state index in [1.807, 2.05) is 65.6 Å². The summed E-state index contributed by atoms with van der Waals surface area (Å²) in [6.45, 7) is 1.70. The van der Waals surface area contributed by atoms with Crippen molar-refractivity contribution in [2.45, 2.75) is 5.54 Å². The molecule has 158 valence electrons. The highest BCUT2D eigenvalue weighted by Gasteiger charge is 2.54. The van der Waals surface area contributed by atoms with Crippen molar-refractivity contribution in [2.24, 2.45) is 0 Å². The van der Waals surface area contributed by atoms with E-state index in [2.05, 4.69) is 5.32 Å². The topological polar surface area (TPSA) is 90.0 Å². The van der Waals surface area contributed by atoms with E-state index in [1.54, 1.807) is 0 Å². The summed E-state index contributed by atoms with van der Waals surface area (Å²) in [6.07, 6.45) is 1.19. The highest BCUT2D eigenvalue weighted by molar-refractivity contribution is 7.88. The number of carbonyl (C=O) groups is 2. The summed E-state index contributed by atoms with van der Waals surface area (Å²) in [4.78, 5) is 29.7. The molecule has 0 saturated carbocycles. The van der Waals surface area contributed by atoms with Gasteiger partial charge in [0.05, 0.1) is 12.9 Å². The number of piperazine rings is 1. The van der Waals surface area contributed by atoms with Gasteiger partial charge in [0.2, 0.25) is 10.0 Å². The molecule has 2 aliphatic rings. The quantitative estimate of drug-likeness (QED) is 0.718. The van der Waals surface area contributed by atoms with Gasteiger partial charge in [-0.3, -0.25) is 9.69 Å². The summed E-state index contributed by atoms with van der Waals surface area (Å²) in [5.74, 6) is -0.338. The van der Waals surface area contributed by atoms with Gasteiger partial charge in [-0.25, -0.2) is 18.1 Å². The Hall–Kier alpha value is -2.75. The maximum absolute atomic E-state index is 13.6. The molecule has 2 aromatic rings. The second-order valence-electron chi connectivity index (χ2n) is 7.57. The Morgan fingerprint density at radius 1 is 0.867 bits per heavy atom. The SMILES string of the molecule is CS(=O)(=O)N1CCN(CN2C(=O)NC(c3ccccc3)(c3ccccc3)C2=O)CC1. The number of hydrogen-bond acceptors (Lipinski definition) is 5. The molecule has 0 spiro atoms. The fourth-order valence-electron chi connectivity index (χ4n) is 4.04. The van der Waals surface area contributed by atoms with Crippen molar-refractivity contribution >= 4 is 22.0 Å². The van der Waals surface area contributed by atoms with Crippen molar-refractivity contribution in [3.8, 4) is 0 Å². The molecule has 2 heterocycles. The van der Waals surface area contributed by atoms with Gasteiger partial charge in [-0.15, -0.1) is 0 Å². The van der Waals surface area contributed by atoms with Crippen LogP contribution in [0.1, 0.15) is 11.1 Å². The van der Waals surface area contributed by atoms with E-state index in [0.29, 0.717) is 37.3 Å². The van der Waals surface area contributed by atoms with Crippen LogP contribution in [-0.2, 0) is 20.4 Å². The molecule has 0 bridgehead atoms. The third-order valence-electron chi connectivity index (χ3n) is 5.66. The lowest BCUT2D eigenvalue weighted by Gasteiger charge is -2.35. The molecule has 2 fully saturated rings. The molecule has 30 heavy (non-hydrogen) atoms. The third-order valence-corrected chi connectivity index (χ3v) is 6.96. The average Bonchev–Trinajstić information content (AvgIpc) is 3.00. The highest BCUT2D eigenvalue weighted by atomic mass is 32.2. The molecule has 2 saturated heterocycles. The molecule has 4 rings (SSSR count). The van der Waals surface area contributed by atoms with Crippen LogP contribution in [0.15, 0.2) is 60.7 Å². The molecule has 1 N–H and O–H groups in total. The molecule has 0 radical (unpaired) electrons. The molecule has 0 unspecified atom stereocenters. The van der Waals surface area contributed by atoms with Gasteiger partial charge in [-0.2, -0.15) is 4.31 Å². The predicted octanol–water partition coefficient (Wildman–Crippen LogP) is 1.02. The molecule has 2 aliphatic heterocycles. The van der Waals surface area contributed by atoms with Crippen LogP contribution < -0.4 is 5.32 Å². The Labute approximate surface area is 176 Å². The fraction of sp³-hybridized carbons (Fsp3) is 0.333. The van der Waals surface area contributed by atoms with Crippen molar-refractivity contribution in [3.63, 3.8) is 0 Å². The number of hydrogen-bond donors (Lipinski definition) is 1. The second-order valence-corrected chi connectivity index (χ2v) is 9.55. The zero-order valence-electron chi connectivity index (χ0n) is 16.7. The van der Waals surface area contributed by atoms with E-state index in [-0.39, 0.29) is 12.6 Å². The van der Waals surface area contributed by atoms with Gasteiger partial charge >= 0.3 is 6.03 Å². The molecule has 0 atom stereocenters. The van der Waals surface area contributed by atoms with Crippen molar-refractivity contribution in [2.75, 3.05) is 39.1 Å². The number of carbonyl (C=O) groups excluding carboxylic acids is 2. The number of nitrogens with zero attached hydrogens (tertiary/aromatic N) is 3. The minimum atomic E-state index is -3.24. The number of imide groups is 1. The number of sulfonamides is 1. The minimum Gasteiger partial charge on any atom is -0.315 e. The zero-order valence-corrected chi connectivity index (χ0v) is 17.5. The van der Waals surface area contributed by atoms with E-state index in [4.69, 9.17) is 0 Å². The summed E-state index contributed by atoms with van der Waals surface area (Å²) in [5, 5.41) is 2.93. The van der Waals surface area contributed by atoms with E-state index in [9.17, 15) is 18.0 Å². The molecule has 2 aromatic carbocycles. The minimum absolute atomic E-state index is 0.115. The van der Waals surface area contributed by atoms with Gasteiger partial charge in [0.1, 0.15) is 0 Å². The van der Waals surface area contributed by atoms with Crippen molar-refractivity contribution < 1.29 is 18.0 Å². The van der Waals surface area contributed by atoms with E-state index in [0.717, 1.165) is 0 Å². The molecule has 8 nitrogen and oxygen atoms in total. The zero-order chi connectivity index (χ0) is 21.4. The summed E-state index contributed by atoms with van der Waals surface area (Å²) < 4.78 is 24.8. The Morgan fingerprint density at radius 2 is 1.37 bits per heavy atom. The van der Waals surface area contributed by atoms with Crippen LogP contribution in [0, 0.1) is 0 Å². The normalized spacial score (nSPS) is 20.4. The molecular formula is C21H24N4O4S. The van der Waals surface area contributed by atoms with Crippen molar-refractivity contribution in [3.05, 3.63) is 71.8 Å². The monoisotopic (exact) mass is 428 g/mol. The van der Waals surface area contributed by atoms with Crippen LogP contribution in [0.2, 0.25) is 0 Å². The van der Waals surface area contributed by atoms with E-state index >= 15 is 0 Å². The summed E-state index contributed by atoms with van der Waals surface area (Å²) in [6, 6.07) is 18.0. The van der Waals surface area contributed by atoms with Gasteiger partial charge in [0.15, 0.2) is 5.54 Å². The van der Waals surface area contributed by atoms with Gasteiger partial charge in [0, 0.05) is 26.2 Å². The van der Waals surface area contributed by atoms with Crippen LogP contribution >= 0.6 is 0 Å². The standard InChI is InChI=1S/C21H24N4O4S/c1-30(28,29)24-14-12-23(13-15-24)16-25-19(26)21(22-20(25)27,17-8-4-2-5-9-17)18-10-6-3-7-11-18/h2-11H,12-16H2,1H3,(H,22,27). The maximum atomic E-state index is 13.6. The van der Waals surface area contributed by atoms with Gasteiger partial charge in [-0.05, 0) is 11.1 Å². The van der Waals surface area contributed by atoms with Gasteiger partial charge in [0.25, 0.3) is 5.91 Å². The number of nitrogens with one attached hydrogen (secondary N) is 1. The van der Waals surface area contributed by atoms with Gasteiger partial charge in [-0.1, -0.05) is 60.7 Å². The Balaban J connectivity index is 1.60. The smallest absolute Gasteiger partial charge is 0.315 e. The molecular weight excluding hydrogens is 404 g/mol. The maximum Gasteiger partial charge on any atom is 0.326 e. The van der Waals surface area contributed by atoms with E-state index in [1.165, 1.54) is 15.5 Å². The number of benzene rings is 2. The van der Waals surface area contributed by atoms with Crippen LogP contribution in [0.5, 0.6) is 0 Å². The lowest BCUT2D eigenvalue weighted by molar-refractivity contribution is -0.132. The Morgan fingerprint density at radius 3 is 1.83 bits per heavy atom. The lowest BCUT2D eigenvalue weighted by Crippen LogP contribution is -2.52. The second kappa shape index (κ2) is 7.82. The molecule has 0 aromatic heterocycles. The first-order valence-corrected chi connectivity index (χ1v) is 11.6. The lowest BCUT2D eigenvalue weighted by atomic mass is 9.83. The molecule has 3 amide bonds. The van der Waals surface area contributed by atoms with Crippen LogP contribution in [-0.4, -0.2) is 73.6 Å². The molecule has 0 aliphatic carbocycles. The van der Waals surface area contributed by atoms with Crippen molar-refractivity contribution in [1.29, 1.82) is 0 Å². The van der Waals surface area contributed by atoms with Crippen LogP contribution in [0.25, 0.3) is 0 Å². The largest absolute Gasteiger partial charge is 0.326 e. The average molecular weight is 429 g/mol. The fourth-order valence-corrected chi connectivity index (χ4v) is 4.87. The number of urea groups is 1. The number of rotatable bonds is 5. The Bertz CT molecular complexity index is 996. The summed E-state index contributed by atoms with van der Waals surface area (Å²) in [5.41, 5.74) is 0.103.